The Hall–Kier alpha value is -4.03. The molecule has 0 atom stereocenters. The number of aliphatic hydroxyl groups is 1. The van der Waals surface area contributed by atoms with Crippen molar-refractivity contribution in [1.29, 1.82) is 0 Å². The molecule has 0 unspecified atom stereocenters. The van der Waals surface area contributed by atoms with Gasteiger partial charge in [-0.1, -0.05) is 36.9 Å². The molecule has 0 aliphatic rings. The zero-order chi connectivity index (χ0) is 26.7. The molecule has 0 spiro atoms. The molecule has 192 valence electrons. The largest absolute Gasteiger partial charge is 0.492 e. The number of thiol groups is 1. The molecule has 0 aliphatic carbocycles. The van der Waals surface area contributed by atoms with Gasteiger partial charge in [-0.2, -0.15) is 22.1 Å². The summed E-state index contributed by atoms with van der Waals surface area (Å²) in [5.74, 6) is -0.877. The maximum absolute atomic E-state index is 13.5. The molecular weight excluding hydrogens is 509 g/mol. The summed E-state index contributed by atoms with van der Waals surface area (Å²) in [6.45, 7) is -0.202. The van der Waals surface area contributed by atoms with Crippen LogP contribution < -0.4 is 19.8 Å². The number of methoxy groups -OCH3 is 1. The van der Waals surface area contributed by atoms with Crippen molar-refractivity contribution in [2.75, 3.05) is 25.6 Å². The molecule has 2 aromatic heterocycles. The van der Waals surface area contributed by atoms with Crippen LogP contribution in [-0.2, 0) is 6.18 Å². The van der Waals surface area contributed by atoms with Crippen LogP contribution in [0, 0.1) is 0 Å². The summed E-state index contributed by atoms with van der Waals surface area (Å²) >= 11 is 4.57. The molecule has 0 aliphatic heterocycles. The van der Waals surface area contributed by atoms with Crippen LogP contribution in [0.5, 0.6) is 5.75 Å². The topological polar surface area (TPSA) is 96.7 Å². The molecular formula is C25H22F3N4O4S+. The number of para-hydroxylation sites is 3. The highest BCUT2D eigenvalue weighted by molar-refractivity contribution is 7.80. The third-order valence-electron chi connectivity index (χ3n) is 5.51. The Labute approximate surface area is 214 Å². The Morgan fingerprint density at radius 3 is 2.49 bits per heavy atom. The minimum absolute atomic E-state index is 0.0433. The number of carbonyl (C=O) groups excluding carboxylic acids is 2. The van der Waals surface area contributed by atoms with Gasteiger partial charge in [0.15, 0.2) is 11.4 Å². The Bertz CT molecular complexity index is 1490. The van der Waals surface area contributed by atoms with Crippen LogP contribution in [0.25, 0.3) is 11.3 Å². The number of rotatable bonds is 7. The first-order chi connectivity index (χ1) is 17.7. The number of carbonyl (C=O) groups is 2. The summed E-state index contributed by atoms with van der Waals surface area (Å²) in [5.41, 5.74) is -0.444. The van der Waals surface area contributed by atoms with E-state index in [1.807, 2.05) is 0 Å². The Kier molecular flexibility index (Phi) is 7.41. The number of pyridine rings is 1. The first kappa shape index (κ1) is 26.0. The lowest BCUT2D eigenvalue weighted by Crippen LogP contribution is -2.32. The van der Waals surface area contributed by atoms with Crippen LogP contribution in [0.3, 0.4) is 0 Å². The van der Waals surface area contributed by atoms with Crippen molar-refractivity contribution < 1.29 is 37.0 Å². The summed E-state index contributed by atoms with van der Waals surface area (Å²) in [7, 11) is 1.46. The van der Waals surface area contributed by atoms with Gasteiger partial charge >= 0.3 is 12.1 Å². The van der Waals surface area contributed by atoms with Gasteiger partial charge < -0.3 is 20.5 Å². The van der Waals surface area contributed by atoms with Gasteiger partial charge in [0.25, 0.3) is 17.2 Å². The summed E-state index contributed by atoms with van der Waals surface area (Å²) < 4.78 is 49.0. The number of aliphatic hydroxyl groups excluding tert-OH is 1. The second kappa shape index (κ2) is 10.5. The van der Waals surface area contributed by atoms with Crippen LogP contribution in [-0.4, -0.2) is 41.7 Å². The number of aromatic nitrogens is 2. The Morgan fingerprint density at radius 2 is 1.78 bits per heavy atom. The standard InChI is InChI=1S/C25H21F3N4O4S/c1-36-19-9-5-4-8-18(19)32-20-14-15(22(34)29-11-13-33)10-12-31(20)21(24(32)37)23(35)30-17-7-3-2-6-16(17)25(26,27)28/h2-10,12,14,33H,11,13H2,1H3,(H2-,29,30,34,35,37)/p+1. The van der Waals surface area contributed by atoms with E-state index >= 15 is 0 Å². The van der Waals surface area contributed by atoms with Crippen molar-refractivity contribution in [1.82, 2.24) is 9.88 Å². The van der Waals surface area contributed by atoms with Crippen molar-refractivity contribution in [3.05, 3.63) is 83.7 Å². The minimum Gasteiger partial charge on any atom is -0.492 e. The van der Waals surface area contributed by atoms with Gasteiger partial charge in [-0.05, 0) is 30.3 Å². The highest BCUT2D eigenvalue weighted by Gasteiger charge is 2.36. The lowest BCUT2D eigenvalue weighted by Gasteiger charge is -2.12. The number of halogens is 3. The van der Waals surface area contributed by atoms with Crippen LogP contribution in [0.2, 0.25) is 0 Å². The third kappa shape index (κ3) is 5.11. The molecule has 3 N–H and O–H groups in total. The summed E-state index contributed by atoms with van der Waals surface area (Å²) in [4.78, 5) is 25.9. The number of imidazole rings is 1. The Morgan fingerprint density at radius 1 is 1.08 bits per heavy atom. The molecule has 0 saturated carbocycles. The molecule has 2 aromatic carbocycles. The first-order valence-corrected chi connectivity index (χ1v) is 11.4. The molecule has 4 rings (SSSR count). The molecule has 2 amide bonds. The van der Waals surface area contributed by atoms with E-state index in [9.17, 15) is 22.8 Å². The minimum atomic E-state index is -4.68. The number of fused-ring (bicyclic) bond motifs is 1. The Balaban J connectivity index is 1.90. The SMILES string of the molecule is COc1ccccc1-n1c(S)c(C(=O)Nc2ccccc2C(F)(F)F)[n+]2ccc(C(=O)NCCO)cc12. The van der Waals surface area contributed by atoms with E-state index in [-0.39, 0.29) is 29.4 Å². The van der Waals surface area contributed by atoms with E-state index in [0.717, 1.165) is 12.1 Å². The summed E-state index contributed by atoms with van der Waals surface area (Å²) in [6.07, 6.45) is -3.23. The fraction of sp³-hybridized carbons (Fsp3) is 0.160. The van der Waals surface area contributed by atoms with Gasteiger partial charge in [0, 0.05) is 12.6 Å². The smallest absolute Gasteiger partial charge is 0.418 e. The van der Waals surface area contributed by atoms with Crippen molar-refractivity contribution in [3.8, 4) is 11.4 Å². The van der Waals surface area contributed by atoms with Crippen LogP contribution >= 0.6 is 12.6 Å². The van der Waals surface area contributed by atoms with Gasteiger partial charge in [0.05, 0.1) is 36.7 Å². The molecule has 4 aromatic rings. The highest BCUT2D eigenvalue weighted by atomic mass is 32.1. The molecule has 2 heterocycles. The first-order valence-electron chi connectivity index (χ1n) is 11.0. The fourth-order valence-electron chi connectivity index (χ4n) is 3.87. The molecule has 0 radical (unpaired) electrons. The third-order valence-corrected chi connectivity index (χ3v) is 5.92. The number of ether oxygens (including phenoxy) is 1. The van der Waals surface area contributed by atoms with E-state index in [0.29, 0.717) is 17.1 Å². The predicted molar refractivity (Wildman–Crippen MR) is 132 cm³/mol. The van der Waals surface area contributed by atoms with E-state index in [4.69, 9.17) is 9.84 Å². The molecule has 12 heteroatoms. The molecule has 0 saturated heterocycles. The molecule has 8 nitrogen and oxygen atoms in total. The lowest BCUT2D eigenvalue weighted by molar-refractivity contribution is -0.514. The number of benzene rings is 2. The monoisotopic (exact) mass is 531 g/mol. The second-order valence-electron chi connectivity index (χ2n) is 7.80. The highest BCUT2D eigenvalue weighted by Crippen LogP contribution is 2.35. The summed E-state index contributed by atoms with van der Waals surface area (Å²) in [6, 6.07) is 14.5. The van der Waals surface area contributed by atoms with E-state index < -0.39 is 29.2 Å². The van der Waals surface area contributed by atoms with Gasteiger partial charge in [-0.3, -0.25) is 9.59 Å². The number of hydrogen-bond donors (Lipinski definition) is 4. The predicted octanol–water partition coefficient (Wildman–Crippen LogP) is 3.51. The zero-order valence-electron chi connectivity index (χ0n) is 19.4. The van der Waals surface area contributed by atoms with Gasteiger partial charge in [-0.25, -0.2) is 0 Å². The van der Waals surface area contributed by atoms with Crippen molar-refractivity contribution in [2.24, 2.45) is 0 Å². The average Bonchev–Trinajstić information content (AvgIpc) is 3.17. The summed E-state index contributed by atoms with van der Waals surface area (Å²) in [5, 5.41) is 14.0. The maximum atomic E-state index is 13.5. The number of amides is 2. The van der Waals surface area contributed by atoms with Crippen molar-refractivity contribution in [2.45, 2.75) is 11.2 Å². The fourth-order valence-corrected chi connectivity index (χ4v) is 4.29. The van der Waals surface area contributed by atoms with Crippen molar-refractivity contribution >= 4 is 35.8 Å². The maximum Gasteiger partial charge on any atom is 0.418 e. The number of anilines is 1. The van der Waals surface area contributed by atoms with E-state index in [1.54, 1.807) is 28.8 Å². The number of nitrogens with one attached hydrogen (secondary N) is 2. The zero-order valence-corrected chi connectivity index (χ0v) is 20.3. The normalized spacial score (nSPS) is 11.4. The lowest BCUT2D eigenvalue weighted by atomic mass is 10.1. The van der Waals surface area contributed by atoms with Crippen molar-refractivity contribution in [3.63, 3.8) is 0 Å². The van der Waals surface area contributed by atoms with E-state index in [1.165, 1.54) is 42.0 Å². The van der Waals surface area contributed by atoms with Gasteiger partial charge in [0.1, 0.15) is 0 Å². The van der Waals surface area contributed by atoms with Crippen LogP contribution in [0.4, 0.5) is 18.9 Å². The average molecular weight is 532 g/mol. The molecule has 0 fully saturated rings. The van der Waals surface area contributed by atoms with Gasteiger partial charge in [-0.15, -0.1) is 0 Å². The number of hydrogen-bond acceptors (Lipinski definition) is 5. The number of alkyl halides is 3. The van der Waals surface area contributed by atoms with Gasteiger partial charge in [0.2, 0.25) is 5.03 Å². The second-order valence-corrected chi connectivity index (χ2v) is 8.22. The van der Waals surface area contributed by atoms with Crippen LogP contribution in [0.1, 0.15) is 26.4 Å². The van der Waals surface area contributed by atoms with E-state index in [2.05, 4.69) is 23.3 Å². The molecule has 0 bridgehead atoms. The number of nitrogens with zero attached hydrogens (tertiary/aromatic N) is 2. The van der Waals surface area contributed by atoms with Crippen LogP contribution in [0.15, 0.2) is 71.9 Å². The molecule has 37 heavy (non-hydrogen) atoms. The quantitative estimate of drug-likeness (QED) is 0.217.